The first-order valence-corrected chi connectivity index (χ1v) is 14.5. The van der Waals surface area contributed by atoms with Crippen molar-refractivity contribution in [3.8, 4) is 5.75 Å². The Labute approximate surface area is 239 Å². The summed E-state index contributed by atoms with van der Waals surface area (Å²) in [6, 6.07) is 7.39. The van der Waals surface area contributed by atoms with Gasteiger partial charge in [0.25, 0.3) is 0 Å². The van der Waals surface area contributed by atoms with E-state index in [1.807, 2.05) is 18.2 Å². The molecule has 0 fully saturated rings. The number of para-hydroxylation sites is 2. The number of hydrogen-bond donors (Lipinski definition) is 1. The molecule has 0 aliphatic carbocycles. The molecule has 2 N–H and O–H groups in total. The van der Waals surface area contributed by atoms with Crippen LogP contribution in [-0.2, 0) is 37.9 Å². The molecule has 0 saturated carbocycles. The Morgan fingerprint density at radius 1 is 0.436 bits per heavy atom. The van der Waals surface area contributed by atoms with Gasteiger partial charge in [0.05, 0.1) is 105 Å². The number of alkyl halides is 1. The zero-order valence-corrected chi connectivity index (χ0v) is 24.3. The van der Waals surface area contributed by atoms with Gasteiger partial charge < -0.3 is 48.4 Å². The largest absolute Gasteiger partial charge is 0.489 e. The molecule has 0 aromatic heterocycles. The molecule has 0 amide bonds. The van der Waals surface area contributed by atoms with Crippen molar-refractivity contribution in [1.29, 1.82) is 0 Å². The second-order valence-electron chi connectivity index (χ2n) is 8.39. The van der Waals surface area contributed by atoms with Crippen molar-refractivity contribution >= 4 is 17.3 Å². The SMILES string of the molecule is Nc1ccccc1OCCOCCOCCOCCOCCOCCOCCOCCOCCCCCCCl. The third-order valence-electron chi connectivity index (χ3n) is 5.18. The van der Waals surface area contributed by atoms with Crippen molar-refractivity contribution in [1.82, 2.24) is 0 Å². The molecule has 0 atom stereocenters. The van der Waals surface area contributed by atoms with Crippen molar-refractivity contribution in [2.24, 2.45) is 0 Å². The predicted molar refractivity (Wildman–Crippen MR) is 152 cm³/mol. The van der Waals surface area contributed by atoms with Crippen LogP contribution in [-0.4, -0.2) is 118 Å². The monoisotopic (exact) mass is 579 g/mol. The molecule has 0 radical (unpaired) electrons. The normalized spacial score (nSPS) is 11.3. The Bertz CT molecular complexity index is 630. The summed E-state index contributed by atoms with van der Waals surface area (Å²) in [5.74, 6) is 1.42. The standard InChI is InChI=1S/C28H50ClNO9/c29-9-5-1-2-6-10-31-11-12-32-13-14-33-15-16-34-17-18-35-19-20-36-21-22-37-23-24-38-25-26-39-28-8-4-3-7-27(28)30/h3-4,7-8H,1-2,5-6,9-26,30H2. The maximum absolute atomic E-state index is 5.81. The van der Waals surface area contributed by atoms with Gasteiger partial charge in [0.15, 0.2) is 0 Å². The number of ether oxygens (including phenoxy) is 9. The Morgan fingerprint density at radius 3 is 1.21 bits per heavy atom. The lowest BCUT2D eigenvalue weighted by Gasteiger charge is -2.09. The molecule has 0 spiro atoms. The van der Waals surface area contributed by atoms with Crippen molar-refractivity contribution in [2.75, 3.05) is 124 Å². The highest BCUT2D eigenvalue weighted by atomic mass is 35.5. The summed E-state index contributed by atoms with van der Waals surface area (Å²) in [5, 5.41) is 0. The molecule has 0 aliphatic heterocycles. The van der Waals surface area contributed by atoms with Gasteiger partial charge in [-0.15, -0.1) is 11.6 Å². The van der Waals surface area contributed by atoms with E-state index in [4.69, 9.17) is 60.0 Å². The van der Waals surface area contributed by atoms with Crippen molar-refractivity contribution in [3.05, 3.63) is 24.3 Å². The summed E-state index contributed by atoms with van der Waals surface area (Å²) in [6.45, 7) is 9.20. The summed E-state index contributed by atoms with van der Waals surface area (Å²) >= 11 is 5.65. The van der Waals surface area contributed by atoms with Crippen LogP contribution in [0, 0.1) is 0 Å². The van der Waals surface area contributed by atoms with Gasteiger partial charge in [-0.1, -0.05) is 25.0 Å². The van der Waals surface area contributed by atoms with Crippen LogP contribution in [0.4, 0.5) is 5.69 Å². The van der Waals surface area contributed by atoms with Gasteiger partial charge in [0.1, 0.15) is 12.4 Å². The van der Waals surface area contributed by atoms with E-state index in [-0.39, 0.29) is 0 Å². The van der Waals surface area contributed by atoms with Crippen LogP contribution in [0.1, 0.15) is 25.7 Å². The number of hydrogen-bond acceptors (Lipinski definition) is 10. The molecule has 0 bridgehead atoms. The van der Waals surface area contributed by atoms with Crippen LogP contribution in [0.3, 0.4) is 0 Å². The van der Waals surface area contributed by atoms with Crippen LogP contribution in [0.25, 0.3) is 0 Å². The summed E-state index contributed by atoms with van der Waals surface area (Å²) in [4.78, 5) is 0. The highest BCUT2D eigenvalue weighted by Gasteiger charge is 1.99. The molecule has 1 rings (SSSR count). The number of nitrogens with two attached hydrogens (primary N) is 1. The lowest BCUT2D eigenvalue weighted by Crippen LogP contribution is -2.15. The average molecular weight is 580 g/mol. The zero-order valence-electron chi connectivity index (χ0n) is 23.5. The van der Waals surface area contributed by atoms with Gasteiger partial charge in [0, 0.05) is 12.5 Å². The van der Waals surface area contributed by atoms with Gasteiger partial charge >= 0.3 is 0 Å². The third kappa shape index (κ3) is 25.5. The molecule has 0 heterocycles. The van der Waals surface area contributed by atoms with Gasteiger partial charge in [-0.2, -0.15) is 0 Å². The van der Waals surface area contributed by atoms with Gasteiger partial charge in [-0.25, -0.2) is 0 Å². The third-order valence-corrected chi connectivity index (χ3v) is 5.45. The molecule has 0 unspecified atom stereocenters. The fourth-order valence-corrected chi connectivity index (χ4v) is 3.31. The minimum atomic E-state index is 0.444. The smallest absolute Gasteiger partial charge is 0.142 e. The fraction of sp³-hybridized carbons (Fsp3) is 0.786. The maximum atomic E-state index is 5.81. The fourth-order valence-electron chi connectivity index (χ4n) is 3.12. The summed E-state index contributed by atoms with van der Waals surface area (Å²) in [6.07, 6.45) is 4.51. The minimum Gasteiger partial charge on any atom is -0.489 e. The van der Waals surface area contributed by atoms with Crippen molar-refractivity contribution in [2.45, 2.75) is 25.7 Å². The Balaban J connectivity index is 1.64. The van der Waals surface area contributed by atoms with Crippen LogP contribution in [0.5, 0.6) is 5.75 Å². The Hall–Kier alpha value is -1.21. The maximum Gasteiger partial charge on any atom is 0.142 e. The predicted octanol–water partition coefficient (Wildman–Crippen LogP) is 3.58. The topological polar surface area (TPSA) is 109 Å². The van der Waals surface area contributed by atoms with E-state index in [2.05, 4.69) is 0 Å². The number of nitrogen functional groups attached to an aromatic ring is 1. The second-order valence-corrected chi connectivity index (χ2v) is 8.77. The quantitative estimate of drug-likeness (QED) is 0.0796. The van der Waals surface area contributed by atoms with Crippen LogP contribution >= 0.6 is 11.6 Å². The van der Waals surface area contributed by atoms with Gasteiger partial charge in [-0.3, -0.25) is 0 Å². The number of unbranched alkanes of at least 4 members (excludes halogenated alkanes) is 3. The highest BCUT2D eigenvalue weighted by Crippen LogP contribution is 2.19. The summed E-state index contributed by atoms with van der Waals surface area (Å²) in [5.41, 5.74) is 6.43. The van der Waals surface area contributed by atoms with Gasteiger partial charge in [0.2, 0.25) is 0 Å². The molecule has 11 heteroatoms. The number of rotatable bonds is 31. The van der Waals surface area contributed by atoms with E-state index in [0.29, 0.717) is 117 Å². The molecular formula is C28H50ClNO9. The molecule has 0 saturated heterocycles. The van der Waals surface area contributed by atoms with Crippen molar-refractivity contribution < 1.29 is 42.6 Å². The second kappa shape index (κ2) is 29.8. The number of benzene rings is 1. The van der Waals surface area contributed by atoms with E-state index in [0.717, 1.165) is 25.3 Å². The lowest BCUT2D eigenvalue weighted by molar-refractivity contribution is -0.0236. The molecule has 39 heavy (non-hydrogen) atoms. The Kier molecular flexibility index (Phi) is 27.3. The first-order valence-electron chi connectivity index (χ1n) is 14.0. The average Bonchev–Trinajstić information content (AvgIpc) is 2.95. The molecule has 228 valence electrons. The Morgan fingerprint density at radius 2 is 0.795 bits per heavy atom. The molecular weight excluding hydrogens is 530 g/mol. The molecule has 0 aliphatic rings. The van der Waals surface area contributed by atoms with Crippen molar-refractivity contribution in [3.63, 3.8) is 0 Å². The van der Waals surface area contributed by atoms with E-state index in [1.165, 1.54) is 12.8 Å². The van der Waals surface area contributed by atoms with E-state index < -0.39 is 0 Å². The zero-order chi connectivity index (χ0) is 27.9. The van der Waals surface area contributed by atoms with Crippen LogP contribution < -0.4 is 10.5 Å². The minimum absolute atomic E-state index is 0.444. The number of halogens is 1. The van der Waals surface area contributed by atoms with Crippen LogP contribution in [0.2, 0.25) is 0 Å². The summed E-state index contributed by atoms with van der Waals surface area (Å²) in [7, 11) is 0. The summed E-state index contributed by atoms with van der Waals surface area (Å²) < 4.78 is 49.4. The first-order chi connectivity index (χ1) is 19.3. The van der Waals surface area contributed by atoms with Crippen LogP contribution in [0.15, 0.2) is 24.3 Å². The van der Waals surface area contributed by atoms with E-state index >= 15 is 0 Å². The molecule has 1 aromatic carbocycles. The van der Waals surface area contributed by atoms with E-state index in [9.17, 15) is 0 Å². The highest BCUT2D eigenvalue weighted by molar-refractivity contribution is 6.17. The van der Waals surface area contributed by atoms with E-state index in [1.54, 1.807) is 6.07 Å². The van der Waals surface area contributed by atoms with Gasteiger partial charge in [-0.05, 0) is 25.0 Å². The first kappa shape index (κ1) is 35.8. The lowest BCUT2D eigenvalue weighted by atomic mass is 10.2. The number of anilines is 1. The molecule has 1 aromatic rings. The molecule has 10 nitrogen and oxygen atoms in total.